The van der Waals surface area contributed by atoms with E-state index >= 15 is 0 Å². The van der Waals surface area contributed by atoms with E-state index in [0.717, 1.165) is 0 Å². The molecule has 0 amide bonds. The Labute approximate surface area is 106 Å². The zero-order valence-corrected chi connectivity index (χ0v) is 10.4. The van der Waals surface area contributed by atoms with Gasteiger partial charge in [-0.05, 0) is 12.3 Å². The van der Waals surface area contributed by atoms with E-state index in [0.29, 0.717) is 10.8 Å². The van der Waals surface area contributed by atoms with Gasteiger partial charge >= 0.3 is 5.63 Å². The van der Waals surface area contributed by atoms with Crippen LogP contribution in [0.15, 0.2) is 27.4 Å². The summed E-state index contributed by atoms with van der Waals surface area (Å²) in [4.78, 5) is 11.3. The van der Waals surface area contributed by atoms with Crippen LogP contribution < -0.4 is 5.63 Å². The third-order valence-electron chi connectivity index (χ3n) is 1.92. The van der Waals surface area contributed by atoms with Crippen LogP contribution in [0.1, 0.15) is 5.76 Å². The Morgan fingerprint density at radius 3 is 2.86 bits per heavy atom. The summed E-state index contributed by atoms with van der Waals surface area (Å²) in [6.45, 7) is 1.54. The van der Waals surface area contributed by atoms with Crippen LogP contribution in [0.2, 0.25) is 0 Å². The molecular formula is C10H7O3Y-. The molecule has 0 fully saturated rings. The molecule has 1 radical (unpaired) electrons. The van der Waals surface area contributed by atoms with Crippen molar-refractivity contribution in [3.63, 3.8) is 0 Å². The maximum Gasteiger partial charge on any atom is 0.319 e. The van der Waals surface area contributed by atoms with Gasteiger partial charge in [-0.15, -0.1) is 0 Å². The molecule has 69 valence electrons. The van der Waals surface area contributed by atoms with Crippen LogP contribution >= 0.6 is 0 Å². The van der Waals surface area contributed by atoms with E-state index in [-0.39, 0.29) is 44.2 Å². The number of benzene rings is 1. The summed E-state index contributed by atoms with van der Waals surface area (Å²) >= 11 is 0. The van der Waals surface area contributed by atoms with Crippen molar-refractivity contribution in [3.05, 3.63) is 40.4 Å². The second-order valence-corrected chi connectivity index (χ2v) is 2.77. The number of hydrogen-bond donors (Lipinski definition) is 1. The van der Waals surface area contributed by atoms with E-state index in [2.05, 4.69) is 6.07 Å². The Hall–Kier alpha value is -0.666. The van der Waals surface area contributed by atoms with Crippen LogP contribution in [0.4, 0.5) is 0 Å². The summed E-state index contributed by atoms with van der Waals surface area (Å²) in [6, 6.07) is 7.53. The van der Waals surface area contributed by atoms with Crippen molar-refractivity contribution in [2.45, 2.75) is 6.92 Å². The second kappa shape index (κ2) is 4.24. The van der Waals surface area contributed by atoms with Crippen LogP contribution in [0.25, 0.3) is 10.8 Å². The predicted octanol–water partition coefficient (Wildman–Crippen LogP) is 1.60. The third kappa shape index (κ3) is 1.75. The Balaban J connectivity index is 0.000000980. The normalized spacial score (nSPS) is 9.79. The summed E-state index contributed by atoms with van der Waals surface area (Å²) in [5, 5.41) is 10.4. The molecule has 1 aromatic carbocycles. The SMILES string of the molecule is Cc1oc(=O)c2cc[c-]cc2c1O.[Y]. The molecule has 0 unspecified atom stereocenters. The molecular weight excluding hydrogens is 257 g/mol. The van der Waals surface area contributed by atoms with Gasteiger partial charge in [-0.2, -0.15) is 24.3 Å². The summed E-state index contributed by atoms with van der Waals surface area (Å²) in [6.07, 6.45) is 0. The molecule has 0 aliphatic carbocycles. The Kier molecular flexibility index (Phi) is 3.45. The van der Waals surface area contributed by atoms with E-state index in [4.69, 9.17) is 4.42 Å². The molecule has 0 aliphatic heterocycles. The number of rotatable bonds is 0. The molecule has 0 bridgehead atoms. The topological polar surface area (TPSA) is 50.4 Å². The largest absolute Gasteiger partial charge is 0.517 e. The number of hydrogen-bond acceptors (Lipinski definition) is 3. The monoisotopic (exact) mass is 264 g/mol. The molecule has 0 saturated carbocycles. The molecule has 1 heterocycles. The molecule has 0 atom stereocenters. The Morgan fingerprint density at radius 2 is 2.14 bits per heavy atom. The van der Waals surface area contributed by atoms with Gasteiger partial charge in [-0.1, -0.05) is 5.39 Å². The van der Waals surface area contributed by atoms with Crippen LogP contribution in [0, 0.1) is 13.0 Å². The fourth-order valence-corrected chi connectivity index (χ4v) is 1.24. The number of aromatic hydroxyl groups is 1. The van der Waals surface area contributed by atoms with Crippen molar-refractivity contribution in [2.24, 2.45) is 0 Å². The van der Waals surface area contributed by atoms with Crippen LogP contribution in [-0.2, 0) is 32.7 Å². The molecule has 2 aromatic rings. The van der Waals surface area contributed by atoms with E-state index in [9.17, 15) is 9.90 Å². The molecule has 4 heteroatoms. The maximum atomic E-state index is 11.3. The van der Waals surface area contributed by atoms with E-state index < -0.39 is 5.63 Å². The first-order valence-electron chi connectivity index (χ1n) is 3.82. The van der Waals surface area contributed by atoms with Crippen molar-refractivity contribution in [3.8, 4) is 5.75 Å². The van der Waals surface area contributed by atoms with Crippen molar-refractivity contribution >= 4 is 10.8 Å². The van der Waals surface area contributed by atoms with Gasteiger partial charge in [0.2, 0.25) is 0 Å². The van der Waals surface area contributed by atoms with Crippen molar-refractivity contribution in [1.82, 2.24) is 0 Å². The van der Waals surface area contributed by atoms with E-state index in [1.165, 1.54) is 0 Å². The fourth-order valence-electron chi connectivity index (χ4n) is 1.24. The van der Waals surface area contributed by atoms with Gasteiger partial charge in [0.15, 0.2) is 0 Å². The molecule has 0 saturated heterocycles. The summed E-state index contributed by atoms with van der Waals surface area (Å²) in [5.41, 5.74) is -0.431. The Bertz CT molecular complexity index is 516. The molecule has 0 spiro atoms. The van der Waals surface area contributed by atoms with E-state index in [1.807, 2.05) is 0 Å². The minimum atomic E-state index is -0.431. The van der Waals surface area contributed by atoms with Crippen molar-refractivity contribution in [2.75, 3.05) is 0 Å². The molecule has 2 rings (SSSR count). The van der Waals surface area contributed by atoms with Gasteiger partial charge in [0.05, 0.1) is 0 Å². The minimum absolute atomic E-state index is 0. The average Bonchev–Trinajstić information content (AvgIpc) is 2.15. The molecule has 1 aromatic heterocycles. The predicted molar refractivity (Wildman–Crippen MR) is 47.7 cm³/mol. The van der Waals surface area contributed by atoms with Crippen LogP contribution in [0.3, 0.4) is 0 Å². The van der Waals surface area contributed by atoms with Crippen LogP contribution in [0.5, 0.6) is 5.75 Å². The van der Waals surface area contributed by atoms with Gasteiger partial charge in [0.25, 0.3) is 0 Å². The quantitative estimate of drug-likeness (QED) is 0.735. The van der Waals surface area contributed by atoms with Crippen molar-refractivity contribution in [1.29, 1.82) is 0 Å². The fraction of sp³-hybridized carbons (Fsp3) is 0.100. The first kappa shape index (κ1) is 11.4. The minimum Gasteiger partial charge on any atom is -0.517 e. The summed E-state index contributed by atoms with van der Waals surface area (Å²) in [5.74, 6) is 0.239. The maximum absolute atomic E-state index is 11.3. The molecule has 3 nitrogen and oxygen atoms in total. The number of aryl methyl sites for hydroxylation is 1. The zero-order valence-electron chi connectivity index (χ0n) is 7.57. The van der Waals surface area contributed by atoms with Gasteiger partial charge in [0.1, 0.15) is 11.5 Å². The zero-order chi connectivity index (χ0) is 9.42. The smallest absolute Gasteiger partial charge is 0.319 e. The number of fused-ring (bicyclic) bond motifs is 1. The summed E-state index contributed by atoms with van der Waals surface area (Å²) < 4.78 is 4.80. The van der Waals surface area contributed by atoms with Crippen LogP contribution in [-0.4, -0.2) is 5.11 Å². The second-order valence-electron chi connectivity index (χ2n) is 2.77. The first-order chi connectivity index (χ1) is 6.20. The molecule has 14 heavy (non-hydrogen) atoms. The standard InChI is InChI=1S/C10H7O3.Y/c1-6-9(11)7-4-2-3-5-8(7)10(12)13-6;/h3-5,11H,1H3;/q-1;. The van der Waals surface area contributed by atoms with Crippen molar-refractivity contribution < 1.29 is 42.2 Å². The summed E-state index contributed by atoms with van der Waals surface area (Å²) in [7, 11) is 0. The molecule has 1 N–H and O–H groups in total. The molecule has 0 aliphatic rings. The van der Waals surface area contributed by atoms with Gasteiger partial charge in [0, 0.05) is 32.7 Å². The first-order valence-corrected chi connectivity index (χ1v) is 3.82. The van der Waals surface area contributed by atoms with Gasteiger partial charge < -0.3 is 9.52 Å². The van der Waals surface area contributed by atoms with Gasteiger partial charge in [-0.25, -0.2) is 4.79 Å². The van der Waals surface area contributed by atoms with Gasteiger partial charge in [-0.3, -0.25) is 0 Å². The Morgan fingerprint density at radius 1 is 1.43 bits per heavy atom. The average molecular weight is 264 g/mol. The third-order valence-corrected chi connectivity index (χ3v) is 1.92. The van der Waals surface area contributed by atoms with E-state index in [1.54, 1.807) is 25.1 Å².